The Morgan fingerprint density at radius 3 is 2.43 bits per heavy atom. The van der Waals surface area contributed by atoms with E-state index in [1.165, 1.54) is 0 Å². The summed E-state index contributed by atoms with van der Waals surface area (Å²) in [6.07, 6.45) is -2.93. The average Bonchev–Trinajstić information content (AvgIpc) is 3.17. The molecule has 0 amide bonds. The first-order chi connectivity index (χ1) is 14.3. The molecule has 0 spiro atoms. The summed E-state index contributed by atoms with van der Waals surface area (Å²) in [6.45, 7) is 2.63. The van der Waals surface area contributed by atoms with Gasteiger partial charge in [-0.05, 0) is 44.4 Å². The number of aliphatic hydroxyl groups is 1. The number of halogens is 4. The van der Waals surface area contributed by atoms with Gasteiger partial charge in [-0.25, -0.2) is 4.39 Å². The second-order valence-corrected chi connectivity index (χ2v) is 9.58. The third kappa shape index (κ3) is 4.63. The van der Waals surface area contributed by atoms with Crippen molar-refractivity contribution in [1.82, 2.24) is 20.9 Å². The van der Waals surface area contributed by atoms with Crippen molar-refractivity contribution in [3.63, 3.8) is 0 Å². The molecule has 30 heavy (non-hydrogen) atoms. The van der Waals surface area contributed by atoms with E-state index >= 15 is 4.39 Å². The summed E-state index contributed by atoms with van der Waals surface area (Å²) >= 11 is 0. The number of likely N-dealkylation sites (tertiary alicyclic amines) is 1. The molecule has 4 N–H and O–H groups in total. The van der Waals surface area contributed by atoms with E-state index in [0.29, 0.717) is 39.3 Å². The van der Waals surface area contributed by atoms with Gasteiger partial charge < -0.3 is 9.84 Å². The van der Waals surface area contributed by atoms with E-state index < -0.39 is 30.6 Å². The quantitative estimate of drug-likeness (QED) is 0.472. The van der Waals surface area contributed by atoms with E-state index in [2.05, 4.69) is 20.9 Å². The Morgan fingerprint density at radius 1 is 1.10 bits per heavy atom. The zero-order valence-corrected chi connectivity index (χ0v) is 17.3. The zero-order valence-electron chi connectivity index (χ0n) is 17.3. The van der Waals surface area contributed by atoms with Gasteiger partial charge in [0.1, 0.15) is 0 Å². The van der Waals surface area contributed by atoms with Crippen molar-refractivity contribution in [2.75, 3.05) is 39.6 Å². The minimum atomic E-state index is -4.10. The topological polar surface area (TPSA) is 68.8 Å². The van der Waals surface area contributed by atoms with Crippen molar-refractivity contribution in [2.45, 2.75) is 69.2 Å². The standard InChI is InChI=1S/C20H34F4N4O2/c21-16-17(25-8-19(9-29)10-30-11-19)26-12-27-18(16)28-7-1-2-15(28)13-3-5-14(6-4-13)20(22,23)24/h13-18,25-27,29H,1-12H2/t13?,14?,15-,16?,17?,18?/m1/s1. The van der Waals surface area contributed by atoms with Crippen LogP contribution in [-0.4, -0.2) is 80.3 Å². The number of nitrogens with zero attached hydrogens (tertiary/aromatic N) is 1. The maximum Gasteiger partial charge on any atom is 0.391 e. The van der Waals surface area contributed by atoms with Crippen LogP contribution in [0.3, 0.4) is 0 Å². The van der Waals surface area contributed by atoms with Crippen molar-refractivity contribution >= 4 is 0 Å². The molecular formula is C20H34F4N4O2. The third-order valence-electron chi connectivity index (χ3n) is 7.58. The fraction of sp³-hybridized carbons (Fsp3) is 1.00. The summed E-state index contributed by atoms with van der Waals surface area (Å²) < 4.78 is 59.7. The van der Waals surface area contributed by atoms with Gasteiger partial charge in [0, 0.05) is 25.8 Å². The molecule has 3 heterocycles. The first-order valence-corrected chi connectivity index (χ1v) is 11.2. The van der Waals surface area contributed by atoms with Crippen LogP contribution < -0.4 is 16.0 Å². The van der Waals surface area contributed by atoms with E-state index in [-0.39, 0.29) is 36.8 Å². The molecule has 3 aliphatic heterocycles. The summed E-state index contributed by atoms with van der Waals surface area (Å²) in [4.78, 5) is 2.16. The second kappa shape index (κ2) is 9.15. The minimum Gasteiger partial charge on any atom is -0.396 e. The van der Waals surface area contributed by atoms with E-state index in [4.69, 9.17) is 4.74 Å². The SMILES string of the molecule is OCC1(CNC2NCNC(N3CCC[C@@H]3C3CCC(C(F)(F)F)CC3)C2F)COC1. The summed E-state index contributed by atoms with van der Waals surface area (Å²) in [5.41, 5.74) is -0.338. The Kier molecular flexibility index (Phi) is 6.91. The molecule has 0 aromatic carbocycles. The normalized spacial score (nSPS) is 40.3. The number of hydrogen-bond acceptors (Lipinski definition) is 6. The van der Waals surface area contributed by atoms with Crippen LogP contribution in [0, 0.1) is 17.3 Å². The smallest absolute Gasteiger partial charge is 0.391 e. The highest BCUT2D eigenvalue weighted by Crippen LogP contribution is 2.43. The lowest BCUT2D eigenvalue weighted by Gasteiger charge is -2.46. The van der Waals surface area contributed by atoms with Gasteiger partial charge in [-0.2, -0.15) is 13.2 Å². The fourth-order valence-electron chi connectivity index (χ4n) is 5.63. The van der Waals surface area contributed by atoms with Crippen molar-refractivity contribution < 1.29 is 27.4 Å². The summed E-state index contributed by atoms with van der Waals surface area (Å²) in [5, 5.41) is 19.1. The van der Waals surface area contributed by atoms with Gasteiger partial charge in [-0.15, -0.1) is 0 Å². The Balaban J connectivity index is 1.34. The van der Waals surface area contributed by atoms with Crippen molar-refractivity contribution in [3.05, 3.63) is 0 Å². The van der Waals surface area contributed by atoms with Crippen LogP contribution in [0.2, 0.25) is 0 Å². The fourth-order valence-corrected chi connectivity index (χ4v) is 5.63. The number of hydrogen-bond donors (Lipinski definition) is 4. The van der Waals surface area contributed by atoms with Gasteiger partial charge in [-0.1, -0.05) is 0 Å². The second-order valence-electron chi connectivity index (χ2n) is 9.58. The first kappa shape index (κ1) is 22.7. The van der Waals surface area contributed by atoms with Gasteiger partial charge in [0.15, 0.2) is 6.17 Å². The van der Waals surface area contributed by atoms with Crippen LogP contribution in [0.25, 0.3) is 0 Å². The molecule has 10 heteroatoms. The molecule has 1 saturated carbocycles. The monoisotopic (exact) mass is 438 g/mol. The van der Waals surface area contributed by atoms with Gasteiger partial charge in [0.05, 0.1) is 43.5 Å². The number of rotatable bonds is 6. The molecule has 0 aromatic rings. The molecule has 174 valence electrons. The van der Waals surface area contributed by atoms with E-state index in [1.54, 1.807) is 0 Å². The maximum absolute atomic E-state index is 15.5. The van der Waals surface area contributed by atoms with Gasteiger partial charge in [0.25, 0.3) is 0 Å². The Labute approximate surface area is 175 Å². The van der Waals surface area contributed by atoms with Crippen LogP contribution >= 0.6 is 0 Å². The molecule has 3 unspecified atom stereocenters. The van der Waals surface area contributed by atoms with Crippen LogP contribution in [0.15, 0.2) is 0 Å². The highest BCUT2D eigenvalue weighted by atomic mass is 19.4. The molecule has 4 atom stereocenters. The Morgan fingerprint density at radius 2 is 1.83 bits per heavy atom. The highest BCUT2D eigenvalue weighted by molar-refractivity contribution is 4.98. The van der Waals surface area contributed by atoms with Crippen LogP contribution in [0.4, 0.5) is 17.6 Å². The van der Waals surface area contributed by atoms with E-state index in [0.717, 1.165) is 19.4 Å². The summed E-state index contributed by atoms with van der Waals surface area (Å²) in [6, 6.07) is 0.137. The lowest BCUT2D eigenvalue weighted by atomic mass is 9.77. The van der Waals surface area contributed by atoms with Gasteiger partial charge in [0.2, 0.25) is 0 Å². The highest BCUT2D eigenvalue weighted by Gasteiger charge is 2.47. The van der Waals surface area contributed by atoms with E-state index in [1.807, 2.05) is 0 Å². The van der Waals surface area contributed by atoms with Crippen LogP contribution in [-0.2, 0) is 4.74 Å². The van der Waals surface area contributed by atoms with Gasteiger partial charge >= 0.3 is 6.18 Å². The minimum absolute atomic E-state index is 0.000149. The Bertz CT molecular complexity index is 564. The molecule has 3 saturated heterocycles. The Hall–Kier alpha value is -0.520. The molecule has 6 nitrogen and oxygen atoms in total. The van der Waals surface area contributed by atoms with Crippen LogP contribution in [0.5, 0.6) is 0 Å². The molecule has 0 aromatic heterocycles. The molecule has 4 aliphatic rings. The molecule has 0 radical (unpaired) electrons. The third-order valence-corrected chi connectivity index (χ3v) is 7.58. The number of alkyl halides is 4. The lowest BCUT2D eigenvalue weighted by Crippen LogP contribution is -2.70. The predicted molar refractivity (Wildman–Crippen MR) is 103 cm³/mol. The van der Waals surface area contributed by atoms with Crippen molar-refractivity contribution in [3.8, 4) is 0 Å². The molecule has 4 rings (SSSR count). The predicted octanol–water partition coefficient (Wildman–Crippen LogP) is 1.56. The number of ether oxygens (including phenoxy) is 1. The maximum atomic E-state index is 15.5. The van der Waals surface area contributed by atoms with Crippen LogP contribution in [0.1, 0.15) is 38.5 Å². The molecule has 1 aliphatic carbocycles. The largest absolute Gasteiger partial charge is 0.396 e. The van der Waals surface area contributed by atoms with Crippen molar-refractivity contribution in [1.29, 1.82) is 0 Å². The van der Waals surface area contributed by atoms with E-state index in [9.17, 15) is 18.3 Å². The zero-order chi connectivity index (χ0) is 21.4. The first-order valence-electron chi connectivity index (χ1n) is 11.2. The number of nitrogens with one attached hydrogen (secondary N) is 3. The van der Waals surface area contributed by atoms with Gasteiger partial charge in [-0.3, -0.25) is 20.9 Å². The summed E-state index contributed by atoms with van der Waals surface area (Å²) in [5.74, 6) is -0.983. The molecule has 0 bridgehead atoms. The molecule has 4 fully saturated rings. The molecular weight excluding hydrogens is 404 g/mol. The average molecular weight is 439 g/mol. The van der Waals surface area contributed by atoms with Crippen molar-refractivity contribution in [2.24, 2.45) is 17.3 Å². The number of aliphatic hydroxyl groups excluding tert-OH is 1. The summed E-state index contributed by atoms with van der Waals surface area (Å²) in [7, 11) is 0. The lowest BCUT2D eigenvalue weighted by molar-refractivity contribution is -0.185.